The van der Waals surface area contributed by atoms with E-state index >= 15 is 0 Å². The van der Waals surface area contributed by atoms with Crippen molar-refractivity contribution in [2.75, 3.05) is 11.9 Å². The van der Waals surface area contributed by atoms with E-state index in [-0.39, 0.29) is 6.04 Å². The summed E-state index contributed by atoms with van der Waals surface area (Å²) >= 11 is 4.92. The van der Waals surface area contributed by atoms with Gasteiger partial charge in [-0.2, -0.15) is 5.11 Å². The molecule has 0 fully saturated rings. The highest BCUT2D eigenvalue weighted by Gasteiger charge is 2.35. The quantitative estimate of drug-likeness (QED) is 0.624. The maximum Gasteiger partial charge on any atom is 0.241 e. The number of azo groups is 1. The van der Waals surface area contributed by atoms with Crippen LogP contribution in [0, 0.1) is 0 Å². The van der Waals surface area contributed by atoms with Gasteiger partial charge in [-0.25, -0.2) is 4.99 Å². The predicted octanol–water partition coefficient (Wildman–Crippen LogP) is 2.33. The molecule has 1 aromatic carbocycles. The number of fused-ring (bicyclic) bond motifs is 3. The molecule has 4 nitrogen and oxygen atoms in total. The van der Waals surface area contributed by atoms with Crippen molar-refractivity contribution < 1.29 is 0 Å². The minimum atomic E-state index is -0.0714. The van der Waals surface area contributed by atoms with Gasteiger partial charge in [0, 0.05) is 18.3 Å². The Kier molecular flexibility index (Phi) is 1.70. The van der Waals surface area contributed by atoms with E-state index in [1.807, 2.05) is 30.1 Å². The van der Waals surface area contributed by atoms with Crippen LogP contribution in [-0.4, -0.2) is 18.0 Å². The molecular formula is C10H8N4S. The molecule has 3 rings (SSSR count). The Hall–Kier alpha value is -1.62. The lowest BCUT2D eigenvalue weighted by Gasteiger charge is -2.15. The van der Waals surface area contributed by atoms with Gasteiger partial charge < -0.3 is 4.90 Å². The minimum absolute atomic E-state index is 0.0714. The Morgan fingerprint density at radius 3 is 3.00 bits per heavy atom. The molecule has 0 saturated heterocycles. The number of hydrogen-bond acceptors (Lipinski definition) is 3. The van der Waals surface area contributed by atoms with Crippen molar-refractivity contribution in [3.63, 3.8) is 0 Å². The Morgan fingerprint density at radius 1 is 1.33 bits per heavy atom. The van der Waals surface area contributed by atoms with Crippen molar-refractivity contribution >= 4 is 28.9 Å². The first-order chi connectivity index (χ1) is 7.27. The summed E-state index contributed by atoms with van der Waals surface area (Å²) in [5.74, 6) is 0.871. The lowest BCUT2D eigenvalue weighted by atomic mass is 10.1. The third kappa shape index (κ3) is 1.13. The lowest BCUT2D eigenvalue weighted by Crippen LogP contribution is -2.26. The second-order valence-electron chi connectivity index (χ2n) is 3.49. The Labute approximate surface area is 92.3 Å². The number of para-hydroxylation sites is 1. The summed E-state index contributed by atoms with van der Waals surface area (Å²) in [6.07, 6.45) is 0. The van der Waals surface area contributed by atoms with Crippen LogP contribution in [0.5, 0.6) is 0 Å². The van der Waals surface area contributed by atoms with Crippen LogP contribution in [0.3, 0.4) is 0 Å². The van der Waals surface area contributed by atoms with Gasteiger partial charge in [0.05, 0.1) is 0 Å². The largest absolute Gasteiger partial charge is 0.330 e. The maximum absolute atomic E-state index is 4.92. The minimum Gasteiger partial charge on any atom is -0.330 e. The molecule has 74 valence electrons. The predicted molar refractivity (Wildman–Crippen MR) is 62.5 cm³/mol. The van der Waals surface area contributed by atoms with Gasteiger partial charge in [-0.1, -0.05) is 18.2 Å². The van der Waals surface area contributed by atoms with Gasteiger partial charge in [0.25, 0.3) is 0 Å². The smallest absolute Gasteiger partial charge is 0.241 e. The number of benzene rings is 1. The zero-order chi connectivity index (χ0) is 10.4. The van der Waals surface area contributed by atoms with Gasteiger partial charge in [0.1, 0.15) is 5.84 Å². The van der Waals surface area contributed by atoms with Gasteiger partial charge in [0.15, 0.2) is 6.04 Å². The summed E-state index contributed by atoms with van der Waals surface area (Å²) < 4.78 is 0. The van der Waals surface area contributed by atoms with E-state index < -0.39 is 0 Å². The van der Waals surface area contributed by atoms with Crippen LogP contribution in [0.2, 0.25) is 0 Å². The summed E-state index contributed by atoms with van der Waals surface area (Å²) in [4.78, 5) is 6.27. The number of aliphatic imine (C=N–C) groups is 1. The van der Waals surface area contributed by atoms with Gasteiger partial charge >= 0.3 is 0 Å². The molecule has 0 N–H and O–H groups in total. The molecule has 1 atom stereocenters. The number of likely N-dealkylation sites (N-methyl/N-ethyl adjacent to an activating group) is 1. The molecule has 0 aliphatic carbocycles. The van der Waals surface area contributed by atoms with E-state index in [0.29, 0.717) is 5.11 Å². The van der Waals surface area contributed by atoms with Gasteiger partial charge in [-0.05, 0) is 18.3 Å². The third-order valence-electron chi connectivity index (χ3n) is 2.65. The molecule has 0 bridgehead atoms. The molecule has 0 unspecified atom stereocenters. The number of nitrogens with zero attached hydrogens (tertiary/aromatic N) is 4. The van der Waals surface area contributed by atoms with Crippen LogP contribution in [0.15, 0.2) is 39.5 Å². The van der Waals surface area contributed by atoms with E-state index in [9.17, 15) is 0 Å². The van der Waals surface area contributed by atoms with Crippen molar-refractivity contribution in [1.82, 2.24) is 0 Å². The Morgan fingerprint density at radius 2 is 2.13 bits per heavy atom. The van der Waals surface area contributed by atoms with E-state index in [1.54, 1.807) is 0 Å². The van der Waals surface area contributed by atoms with Crippen LogP contribution in [-0.2, 0) is 0 Å². The van der Waals surface area contributed by atoms with Crippen molar-refractivity contribution in [1.29, 1.82) is 0 Å². The Balaban J connectivity index is 2.21. The van der Waals surface area contributed by atoms with Crippen LogP contribution in [0.4, 0.5) is 5.69 Å². The van der Waals surface area contributed by atoms with Crippen LogP contribution < -0.4 is 4.90 Å². The number of amidine groups is 1. The number of hydrogen-bond donors (Lipinski definition) is 0. The average molecular weight is 216 g/mol. The highest BCUT2D eigenvalue weighted by molar-refractivity contribution is 7.80. The Bertz CT molecular complexity index is 506. The van der Waals surface area contributed by atoms with Gasteiger partial charge in [0.2, 0.25) is 5.11 Å². The molecule has 0 aromatic heterocycles. The topological polar surface area (TPSA) is 40.3 Å². The van der Waals surface area contributed by atoms with Crippen molar-refractivity contribution in [3.05, 3.63) is 29.8 Å². The maximum atomic E-state index is 4.92. The summed E-state index contributed by atoms with van der Waals surface area (Å²) in [6, 6.07) is 8.03. The molecule has 0 radical (unpaired) electrons. The highest BCUT2D eigenvalue weighted by atomic mass is 32.1. The first-order valence-corrected chi connectivity index (χ1v) is 5.04. The summed E-state index contributed by atoms with van der Waals surface area (Å²) in [5, 5.41) is 8.33. The fraction of sp³-hybridized carbons (Fsp3) is 0.200. The van der Waals surface area contributed by atoms with E-state index in [2.05, 4.69) is 21.3 Å². The fourth-order valence-corrected chi connectivity index (χ4v) is 2.09. The standard InChI is InChI=1S/C10H8N4S/c1-14-7-5-3-2-4-6(7)8-9(14)11-10(15)13-12-8/h2-5,8H,1H3/t8-/m1/s1. The van der Waals surface area contributed by atoms with E-state index in [0.717, 1.165) is 17.1 Å². The normalized spacial score (nSPS) is 22.5. The third-order valence-corrected chi connectivity index (χ3v) is 2.82. The molecule has 0 spiro atoms. The lowest BCUT2D eigenvalue weighted by molar-refractivity contribution is 0.888. The molecule has 0 saturated carbocycles. The average Bonchev–Trinajstić information content (AvgIpc) is 2.54. The second-order valence-corrected chi connectivity index (χ2v) is 3.85. The molecule has 0 amide bonds. The van der Waals surface area contributed by atoms with Gasteiger partial charge in [-0.15, -0.1) is 5.11 Å². The van der Waals surface area contributed by atoms with Crippen LogP contribution in [0.25, 0.3) is 0 Å². The van der Waals surface area contributed by atoms with Crippen molar-refractivity contribution in [2.24, 2.45) is 15.2 Å². The van der Waals surface area contributed by atoms with Crippen LogP contribution in [0.1, 0.15) is 11.6 Å². The number of thiocarbonyl (C=S) groups is 1. The van der Waals surface area contributed by atoms with E-state index in [1.165, 1.54) is 0 Å². The fourth-order valence-electron chi connectivity index (χ4n) is 1.95. The number of anilines is 1. The first kappa shape index (κ1) is 8.67. The van der Waals surface area contributed by atoms with E-state index in [4.69, 9.17) is 12.2 Å². The molecular weight excluding hydrogens is 208 g/mol. The molecule has 15 heavy (non-hydrogen) atoms. The zero-order valence-electron chi connectivity index (χ0n) is 8.08. The summed E-state index contributed by atoms with van der Waals surface area (Å²) in [5.41, 5.74) is 2.27. The molecule has 2 aliphatic heterocycles. The SMILES string of the molecule is CN1C2=NC(=S)N=N[C@@H]2c2ccccc21. The van der Waals surface area contributed by atoms with Crippen LogP contribution >= 0.6 is 12.2 Å². The highest BCUT2D eigenvalue weighted by Crippen LogP contribution is 2.39. The molecule has 2 aliphatic rings. The van der Waals surface area contributed by atoms with Crippen molar-refractivity contribution in [3.8, 4) is 0 Å². The zero-order valence-corrected chi connectivity index (χ0v) is 8.90. The number of rotatable bonds is 0. The van der Waals surface area contributed by atoms with Gasteiger partial charge in [-0.3, -0.25) is 0 Å². The molecule has 1 aromatic rings. The first-order valence-electron chi connectivity index (χ1n) is 4.63. The summed E-state index contributed by atoms with van der Waals surface area (Å²) in [6.45, 7) is 0. The van der Waals surface area contributed by atoms with Crippen molar-refractivity contribution in [2.45, 2.75) is 6.04 Å². The second kappa shape index (κ2) is 2.93. The monoisotopic (exact) mass is 216 g/mol. The molecule has 5 heteroatoms. The summed E-state index contributed by atoms with van der Waals surface area (Å²) in [7, 11) is 1.97. The molecule has 2 heterocycles.